The first-order valence-corrected chi connectivity index (χ1v) is 9.06. The molecule has 0 spiro atoms. The lowest BCUT2D eigenvalue weighted by molar-refractivity contribution is -0.117. The van der Waals surface area contributed by atoms with Crippen LogP contribution in [0, 0.1) is 0 Å². The highest BCUT2D eigenvalue weighted by atomic mass is 32.2. The van der Waals surface area contributed by atoms with Crippen LogP contribution in [0.1, 0.15) is 31.7 Å². The summed E-state index contributed by atoms with van der Waals surface area (Å²) in [5.74, 6) is 0.0975. The third-order valence-electron chi connectivity index (χ3n) is 3.84. The van der Waals surface area contributed by atoms with Gasteiger partial charge in [-0.25, -0.2) is 8.42 Å². The van der Waals surface area contributed by atoms with Gasteiger partial charge >= 0.3 is 0 Å². The summed E-state index contributed by atoms with van der Waals surface area (Å²) in [5, 5.41) is 0. The van der Waals surface area contributed by atoms with Gasteiger partial charge in [0.2, 0.25) is 15.9 Å². The molecule has 1 aliphatic rings. The first-order chi connectivity index (χ1) is 9.84. The molecule has 116 valence electrons. The Morgan fingerprint density at radius 2 is 2.00 bits per heavy atom. The molecule has 1 amide bonds. The number of rotatable bonds is 6. The van der Waals surface area contributed by atoms with Gasteiger partial charge in [0.1, 0.15) is 0 Å². The van der Waals surface area contributed by atoms with Crippen molar-refractivity contribution in [3.63, 3.8) is 0 Å². The maximum absolute atomic E-state index is 12.1. The smallest absolute Gasteiger partial charge is 0.231 e. The summed E-state index contributed by atoms with van der Waals surface area (Å²) in [6, 6.07) is 5.41. The van der Waals surface area contributed by atoms with E-state index in [9.17, 15) is 13.2 Å². The van der Waals surface area contributed by atoms with Crippen LogP contribution in [0.3, 0.4) is 0 Å². The Morgan fingerprint density at radius 1 is 1.29 bits per heavy atom. The number of hydrogen-bond donors (Lipinski definition) is 0. The Bertz CT molecular complexity index is 640. The minimum atomic E-state index is -3.28. The molecule has 1 heterocycles. The lowest BCUT2D eigenvalue weighted by Crippen LogP contribution is -2.27. The number of benzene rings is 1. The Labute approximate surface area is 126 Å². The predicted molar refractivity (Wildman–Crippen MR) is 85.3 cm³/mol. The van der Waals surface area contributed by atoms with Crippen molar-refractivity contribution < 1.29 is 13.2 Å². The molecule has 0 unspecified atom stereocenters. The Hall–Kier alpha value is -1.56. The Kier molecular flexibility index (Phi) is 4.56. The molecule has 2 rings (SSSR count). The minimum Gasteiger partial charge on any atom is -0.312 e. The average molecular weight is 310 g/mol. The van der Waals surface area contributed by atoms with Gasteiger partial charge in [0.05, 0.1) is 18.4 Å². The molecular formula is C15H22N2O3S. The van der Waals surface area contributed by atoms with Gasteiger partial charge in [0.15, 0.2) is 0 Å². The zero-order chi connectivity index (χ0) is 15.6. The van der Waals surface area contributed by atoms with E-state index < -0.39 is 10.0 Å². The molecule has 0 N–H and O–H groups in total. The largest absolute Gasteiger partial charge is 0.312 e. The van der Waals surface area contributed by atoms with Crippen LogP contribution in [-0.4, -0.2) is 34.2 Å². The number of carbonyl (C=O) groups excluding carboxylic acids is 1. The SMILES string of the molecule is CCCCCN1C(=O)Cc2cc(N(C)S(C)(=O)=O)ccc21. The normalized spacial score (nSPS) is 14.4. The molecule has 0 atom stereocenters. The van der Waals surface area contributed by atoms with Gasteiger partial charge in [-0.3, -0.25) is 9.10 Å². The number of amides is 1. The second kappa shape index (κ2) is 6.05. The molecule has 6 heteroatoms. The number of hydrogen-bond acceptors (Lipinski definition) is 3. The van der Waals surface area contributed by atoms with Crippen LogP contribution >= 0.6 is 0 Å². The van der Waals surface area contributed by atoms with Crippen molar-refractivity contribution in [3.8, 4) is 0 Å². The molecule has 1 aliphatic heterocycles. The van der Waals surface area contributed by atoms with E-state index in [1.807, 2.05) is 11.0 Å². The lowest BCUT2D eigenvalue weighted by atomic mass is 10.1. The van der Waals surface area contributed by atoms with Gasteiger partial charge in [-0.1, -0.05) is 19.8 Å². The van der Waals surface area contributed by atoms with Gasteiger partial charge in [-0.05, 0) is 30.2 Å². The van der Waals surface area contributed by atoms with E-state index in [1.54, 1.807) is 12.1 Å². The number of carbonyl (C=O) groups is 1. The molecule has 21 heavy (non-hydrogen) atoms. The minimum absolute atomic E-state index is 0.0975. The topological polar surface area (TPSA) is 57.7 Å². The standard InChI is InChI=1S/C15H22N2O3S/c1-4-5-6-9-17-14-8-7-13(16(2)21(3,19)20)10-12(14)11-15(17)18/h7-8,10H,4-6,9,11H2,1-3H3. The first-order valence-electron chi connectivity index (χ1n) is 7.21. The molecule has 0 aromatic heterocycles. The molecule has 1 aromatic rings. The highest BCUT2D eigenvalue weighted by Gasteiger charge is 2.27. The molecule has 0 saturated heterocycles. The summed E-state index contributed by atoms with van der Waals surface area (Å²) in [6.07, 6.45) is 4.74. The quantitative estimate of drug-likeness (QED) is 0.757. The van der Waals surface area contributed by atoms with E-state index in [0.29, 0.717) is 12.1 Å². The van der Waals surface area contributed by atoms with E-state index in [2.05, 4.69) is 6.92 Å². The van der Waals surface area contributed by atoms with Crippen molar-refractivity contribution in [3.05, 3.63) is 23.8 Å². The molecule has 0 bridgehead atoms. The number of nitrogens with zero attached hydrogens (tertiary/aromatic N) is 2. The average Bonchev–Trinajstić information content (AvgIpc) is 2.72. The van der Waals surface area contributed by atoms with Crippen LogP contribution in [0.4, 0.5) is 11.4 Å². The summed E-state index contributed by atoms with van der Waals surface area (Å²) in [7, 11) is -1.76. The van der Waals surface area contributed by atoms with Gasteiger partial charge < -0.3 is 4.90 Å². The van der Waals surface area contributed by atoms with Crippen molar-refractivity contribution >= 4 is 27.3 Å². The second-order valence-electron chi connectivity index (χ2n) is 5.47. The van der Waals surface area contributed by atoms with Crippen LogP contribution in [0.15, 0.2) is 18.2 Å². The van der Waals surface area contributed by atoms with Crippen molar-refractivity contribution in [1.82, 2.24) is 0 Å². The van der Waals surface area contributed by atoms with Crippen molar-refractivity contribution in [1.29, 1.82) is 0 Å². The molecule has 1 aromatic carbocycles. The highest BCUT2D eigenvalue weighted by Crippen LogP contribution is 2.32. The lowest BCUT2D eigenvalue weighted by Gasteiger charge is -2.20. The van der Waals surface area contributed by atoms with Crippen molar-refractivity contribution in [2.24, 2.45) is 0 Å². The number of fused-ring (bicyclic) bond motifs is 1. The predicted octanol–water partition coefficient (Wildman–Crippen LogP) is 2.16. The molecular weight excluding hydrogens is 288 g/mol. The van der Waals surface area contributed by atoms with Crippen LogP contribution in [0.2, 0.25) is 0 Å². The zero-order valence-corrected chi connectivity index (χ0v) is 13.6. The summed E-state index contributed by atoms with van der Waals surface area (Å²) >= 11 is 0. The van der Waals surface area contributed by atoms with E-state index in [4.69, 9.17) is 0 Å². The molecule has 0 radical (unpaired) electrons. The summed E-state index contributed by atoms with van der Waals surface area (Å²) in [4.78, 5) is 13.9. The van der Waals surface area contributed by atoms with Crippen molar-refractivity contribution in [2.75, 3.05) is 29.1 Å². The zero-order valence-electron chi connectivity index (χ0n) is 12.8. The van der Waals surface area contributed by atoms with E-state index in [-0.39, 0.29) is 5.91 Å². The monoisotopic (exact) mass is 310 g/mol. The van der Waals surface area contributed by atoms with E-state index in [0.717, 1.165) is 37.1 Å². The van der Waals surface area contributed by atoms with Gasteiger partial charge in [0.25, 0.3) is 0 Å². The third-order valence-corrected chi connectivity index (χ3v) is 5.05. The number of sulfonamides is 1. The molecule has 0 saturated carbocycles. The van der Waals surface area contributed by atoms with Gasteiger partial charge in [-0.15, -0.1) is 0 Å². The molecule has 5 nitrogen and oxygen atoms in total. The fourth-order valence-corrected chi connectivity index (χ4v) is 3.02. The Morgan fingerprint density at radius 3 is 2.62 bits per heavy atom. The number of anilines is 2. The summed E-state index contributed by atoms with van der Waals surface area (Å²) in [5.41, 5.74) is 2.42. The highest BCUT2D eigenvalue weighted by molar-refractivity contribution is 7.92. The first kappa shape index (κ1) is 15.8. The van der Waals surface area contributed by atoms with Gasteiger partial charge in [-0.2, -0.15) is 0 Å². The molecule has 0 fully saturated rings. The second-order valence-corrected chi connectivity index (χ2v) is 7.49. The van der Waals surface area contributed by atoms with Crippen LogP contribution < -0.4 is 9.21 Å². The van der Waals surface area contributed by atoms with Crippen LogP contribution in [0.25, 0.3) is 0 Å². The number of unbranched alkanes of at least 4 members (excludes halogenated alkanes) is 2. The summed E-state index contributed by atoms with van der Waals surface area (Å²) in [6.45, 7) is 2.87. The maximum Gasteiger partial charge on any atom is 0.231 e. The van der Waals surface area contributed by atoms with E-state index in [1.165, 1.54) is 17.6 Å². The fraction of sp³-hybridized carbons (Fsp3) is 0.533. The van der Waals surface area contributed by atoms with Crippen molar-refractivity contribution in [2.45, 2.75) is 32.6 Å². The summed E-state index contributed by atoms with van der Waals surface area (Å²) < 4.78 is 24.4. The van der Waals surface area contributed by atoms with E-state index >= 15 is 0 Å². The maximum atomic E-state index is 12.1. The third kappa shape index (κ3) is 3.37. The molecule has 0 aliphatic carbocycles. The van der Waals surface area contributed by atoms with Crippen LogP contribution in [-0.2, 0) is 21.2 Å². The fourth-order valence-electron chi connectivity index (χ4n) is 2.52. The Balaban J connectivity index is 2.23. The van der Waals surface area contributed by atoms with Crippen LogP contribution in [0.5, 0.6) is 0 Å². The van der Waals surface area contributed by atoms with Gasteiger partial charge in [0, 0.05) is 19.3 Å².